The number of ketones is 1. The molecule has 1 aromatic carbocycles. The summed E-state index contributed by atoms with van der Waals surface area (Å²) in [5.74, 6) is 0.823. The van der Waals surface area contributed by atoms with Gasteiger partial charge in [0.25, 0.3) is 0 Å². The molecule has 1 aliphatic rings. The maximum atomic E-state index is 12.3. The van der Waals surface area contributed by atoms with Gasteiger partial charge in [0, 0.05) is 5.56 Å². The highest BCUT2D eigenvalue weighted by atomic mass is 79.9. The number of benzene rings is 1. The van der Waals surface area contributed by atoms with E-state index in [1.807, 2.05) is 36.4 Å². The molecule has 17 heavy (non-hydrogen) atoms. The Kier molecular flexibility index (Phi) is 2.76. The van der Waals surface area contributed by atoms with Gasteiger partial charge in [0.1, 0.15) is 12.4 Å². The molecule has 0 radical (unpaired) electrons. The van der Waals surface area contributed by atoms with Crippen molar-refractivity contribution in [3.63, 3.8) is 0 Å². The predicted octanol–water partition coefficient (Wildman–Crippen LogP) is 3.87. The number of ether oxygens (including phenoxy) is 1. The molecule has 0 spiro atoms. The highest BCUT2D eigenvalue weighted by Gasteiger charge is 2.31. The maximum absolute atomic E-state index is 12.3. The monoisotopic (exact) mass is 308 g/mol. The Balaban J connectivity index is 1.95. The molecule has 0 bridgehead atoms. The van der Waals surface area contributed by atoms with Gasteiger partial charge in [-0.1, -0.05) is 18.2 Å². The van der Waals surface area contributed by atoms with Gasteiger partial charge in [0.15, 0.2) is 5.78 Å². The molecule has 2 aromatic rings. The molecule has 0 N–H and O–H groups in total. The van der Waals surface area contributed by atoms with Crippen molar-refractivity contribution in [2.45, 2.75) is 5.92 Å². The summed E-state index contributed by atoms with van der Waals surface area (Å²) in [5.41, 5.74) is 1.00. The Bertz CT molecular complexity index is 576. The molecule has 2 nitrogen and oxygen atoms in total. The summed E-state index contributed by atoms with van der Waals surface area (Å²) in [7, 11) is 0. The van der Waals surface area contributed by atoms with Crippen LogP contribution in [0.15, 0.2) is 40.2 Å². The lowest BCUT2D eigenvalue weighted by molar-refractivity contribution is 0.0951. The van der Waals surface area contributed by atoms with E-state index in [0.29, 0.717) is 6.61 Å². The number of rotatable bonds is 2. The number of fused-ring (bicyclic) bond motifs is 1. The zero-order valence-corrected chi connectivity index (χ0v) is 11.3. The first-order valence-corrected chi connectivity index (χ1v) is 6.88. The molecule has 1 aromatic heterocycles. The van der Waals surface area contributed by atoms with E-state index in [0.717, 1.165) is 20.0 Å². The highest BCUT2D eigenvalue weighted by Crippen LogP contribution is 2.37. The lowest BCUT2D eigenvalue weighted by atomic mass is 9.96. The first-order valence-electron chi connectivity index (χ1n) is 5.27. The quantitative estimate of drug-likeness (QED) is 0.787. The normalized spacial score (nSPS) is 17.6. The van der Waals surface area contributed by atoms with E-state index in [1.165, 1.54) is 11.3 Å². The first kappa shape index (κ1) is 11.0. The van der Waals surface area contributed by atoms with Crippen molar-refractivity contribution in [2.24, 2.45) is 0 Å². The van der Waals surface area contributed by atoms with Crippen molar-refractivity contribution in [1.82, 2.24) is 0 Å². The standard InChI is InChI=1S/C13H9BrO2S/c14-12-6-5-11(17-12)13(15)9-7-16-10-4-2-1-3-8(9)10/h1-6,9H,7H2. The topological polar surface area (TPSA) is 26.3 Å². The van der Waals surface area contributed by atoms with Gasteiger partial charge in [0.2, 0.25) is 0 Å². The van der Waals surface area contributed by atoms with Crippen molar-refractivity contribution < 1.29 is 9.53 Å². The van der Waals surface area contributed by atoms with Crippen LogP contribution in [0.4, 0.5) is 0 Å². The summed E-state index contributed by atoms with van der Waals surface area (Å²) in [5, 5.41) is 0. The predicted molar refractivity (Wildman–Crippen MR) is 71.0 cm³/mol. The van der Waals surface area contributed by atoms with Gasteiger partial charge in [-0.05, 0) is 34.1 Å². The van der Waals surface area contributed by atoms with E-state index in [2.05, 4.69) is 15.9 Å². The fourth-order valence-corrected chi connectivity index (χ4v) is 3.38. The third-order valence-corrected chi connectivity index (χ3v) is 4.47. The van der Waals surface area contributed by atoms with Gasteiger partial charge in [-0.25, -0.2) is 0 Å². The number of halogens is 1. The van der Waals surface area contributed by atoms with Crippen LogP contribution >= 0.6 is 27.3 Å². The average Bonchev–Trinajstić information content (AvgIpc) is 2.94. The van der Waals surface area contributed by atoms with Crippen LogP contribution in [0.3, 0.4) is 0 Å². The number of thiophene rings is 1. The fraction of sp³-hybridized carbons (Fsp3) is 0.154. The number of Topliss-reactive ketones (excluding diaryl/α,β-unsaturated/α-hetero) is 1. The second kappa shape index (κ2) is 4.27. The molecule has 3 rings (SSSR count). The van der Waals surface area contributed by atoms with E-state index >= 15 is 0 Å². The Labute approximate surface area is 111 Å². The molecule has 0 aliphatic carbocycles. The van der Waals surface area contributed by atoms with Crippen molar-refractivity contribution in [1.29, 1.82) is 0 Å². The molecule has 1 atom stereocenters. The summed E-state index contributed by atoms with van der Waals surface area (Å²) < 4.78 is 6.51. The van der Waals surface area contributed by atoms with E-state index in [4.69, 9.17) is 4.74 Å². The van der Waals surface area contributed by atoms with Gasteiger partial charge in [0.05, 0.1) is 14.6 Å². The van der Waals surface area contributed by atoms with E-state index in [9.17, 15) is 4.79 Å². The van der Waals surface area contributed by atoms with Crippen LogP contribution in [-0.4, -0.2) is 12.4 Å². The lowest BCUT2D eigenvalue weighted by Crippen LogP contribution is -2.12. The smallest absolute Gasteiger partial charge is 0.183 e. The average molecular weight is 309 g/mol. The number of carbonyl (C=O) groups is 1. The summed E-state index contributed by atoms with van der Waals surface area (Å²) in [6.45, 7) is 0.452. The third-order valence-electron chi connectivity index (χ3n) is 2.83. The number of hydrogen-bond donors (Lipinski definition) is 0. The largest absolute Gasteiger partial charge is 0.492 e. The molecular formula is C13H9BrO2S. The molecule has 0 saturated carbocycles. The third kappa shape index (κ3) is 1.91. The van der Waals surface area contributed by atoms with E-state index < -0.39 is 0 Å². The minimum atomic E-state index is -0.156. The minimum Gasteiger partial charge on any atom is -0.492 e. The minimum absolute atomic E-state index is 0.144. The zero-order valence-electron chi connectivity index (χ0n) is 8.85. The summed E-state index contributed by atoms with van der Waals surface area (Å²) in [4.78, 5) is 13.1. The van der Waals surface area contributed by atoms with Crippen LogP contribution in [-0.2, 0) is 0 Å². The van der Waals surface area contributed by atoms with Crippen molar-refractivity contribution in [2.75, 3.05) is 6.61 Å². The highest BCUT2D eigenvalue weighted by molar-refractivity contribution is 9.11. The first-order chi connectivity index (χ1) is 8.25. The number of hydrogen-bond acceptors (Lipinski definition) is 3. The lowest BCUT2D eigenvalue weighted by Gasteiger charge is -2.05. The maximum Gasteiger partial charge on any atom is 0.183 e. The van der Waals surface area contributed by atoms with Gasteiger partial charge in [-0.15, -0.1) is 11.3 Å². The van der Waals surface area contributed by atoms with Gasteiger partial charge >= 0.3 is 0 Å². The molecule has 4 heteroatoms. The van der Waals surface area contributed by atoms with Crippen molar-refractivity contribution >= 4 is 33.0 Å². The number of carbonyl (C=O) groups excluding carboxylic acids is 1. The summed E-state index contributed by atoms with van der Waals surface area (Å²) in [6.07, 6.45) is 0. The molecule has 86 valence electrons. The van der Waals surface area contributed by atoms with Crippen LogP contribution in [0.25, 0.3) is 0 Å². The van der Waals surface area contributed by atoms with Crippen LogP contribution in [0.1, 0.15) is 21.2 Å². The molecule has 0 saturated heterocycles. The number of para-hydroxylation sites is 1. The van der Waals surface area contributed by atoms with Gasteiger partial charge in [-0.3, -0.25) is 4.79 Å². The Morgan fingerprint density at radius 3 is 2.88 bits per heavy atom. The Hall–Kier alpha value is -1.13. The van der Waals surface area contributed by atoms with Crippen LogP contribution in [0, 0.1) is 0 Å². The summed E-state index contributed by atoms with van der Waals surface area (Å²) >= 11 is 4.84. The Morgan fingerprint density at radius 1 is 1.29 bits per heavy atom. The molecular weight excluding hydrogens is 300 g/mol. The molecule has 1 unspecified atom stereocenters. The Morgan fingerprint density at radius 2 is 2.12 bits per heavy atom. The van der Waals surface area contributed by atoms with Crippen molar-refractivity contribution in [3.05, 3.63) is 50.6 Å². The van der Waals surface area contributed by atoms with Gasteiger partial charge in [-0.2, -0.15) is 0 Å². The van der Waals surface area contributed by atoms with Crippen LogP contribution in [0.2, 0.25) is 0 Å². The van der Waals surface area contributed by atoms with E-state index in [-0.39, 0.29) is 11.7 Å². The molecule has 2 heterocycles. The van der Waals surface area contributed by atoms with Crippen molar-refractivity contribution in [3.8, 4) is 5.75 Å². The van der Waals surface area contributed by atoms with Crippen LogP contribution < -0.4 is 4.74 Å². The second-order valence-electron chi connectivity index (χ2n) is 3.87. The SMILES string of the molecule is O=C(c1ccc(Br)s1)C1COc2ccccc21. The molecule has 0 fully saturated rings. The molecule has 1 aliphatic heterocycles. The van der Waals surface area contributed by atoms with E-state index in [1.54, 1.807) is 0 Å². The second-order valence-corrected chi connectivity index (χ2v) is 6.33. The zero-order chi connectivity index (χ0) is 11.8. The summed E-state index contributed by atoms with van der Waals surface area (Å²) in [6, 6.07) is 11.5. The van der Waals surface area contributed by atoms with Gasteiger partial charge < -0.3 is 4.74 Å². The fourth-order valence-electron chi connectivity index (χ4n) is 2.00. The molecule has 0 amide bonds. The van der Waals surface area contributed by atoms with Crippen LogP contribution in [0.5, 0.6) is 5.75 Å².